The summed E-state index contributed by atoms with van der Waals surface area (Å²) in [5, 5.41) is 3.42. The van der Waals surface area contributed by atoms with E-state index in [0.717, 1.165) is 34.5 Å². The monoisotopic (exact) mass is 521 g/mol. The number of rotatable bonds is 11. The van der Waals surface area contributed by atoms with Crippen LogP contribution in [0, 0.1) is 0 Å². The number of sulfonamides is 1. The first kappa shape index (κ1) is 27.1. The molecule has 8 nitrogen and oxygen atoms in total. The Labute approximate surface area is 212 Å². The Morgan fingerprint density at radius 2 is 1.74 bits per heavy atom. The molecule has 2 atom stereocenters. The van der Waals surface area contributed by atoms with Gasteiger partial charge in [0, 0.05) is 31.3 Å². The molecule has 3 rings (SSSR count). The summed E-state index contributed by atoms with van der Waals surface area (Å²) in [5.74, 6) is -0.794. The molecule has 1 N–H and O–H groups in total. The van der Waals surface area contributed by atoms with Crippen LogP contribution in [0.15, 0.2) is 54.6 Å². The van der Waals surface area contributed by atoms with E-state index in [1.54, 1.807) is 43.3 Å². The van der Waals surface area contributed by atoms with Crippen LogP contribution in [0.2, 0.25) is 5.02 Å². The Morgan fingerprint density at radius 3 is 2.34 bits per heavy atom. The minimum absolute atomic E-state index is 0.0295. The number of halogens is 1. The lowest BCUT2D eigenvalue weighted by atomic mass is 10.1. The van der Waals surface area contributed by atoms with E-state index in [1.807, 2.05) is 18.2 Å². The van der Waals surface area contributed by atoms with Crippen LogP contribution in [0.3, 0.4) is 0 Å². The molecule has 10 heteroatoms. The van der Waals surface area contributed by atoms with Gasteiger partial charge in [-0.25, -0.2) is 8.42 Å². The summed E-state index contributed by atoms with van der Waals surface area (Å²) in [7, 11) is -3.69. The normalized spacial score (nSPS) is 16.7. The fourth-order valence-electron chi connectivity index (χ4n) is 3.86. The maximum atomic E-state index is 13.5. The highest BCUT2D eigenvalue weighted by Gasteiger charge is 2.30. The van der Waals surface area contributed by atoms with Gasteiger partial charge in [0.25, 0.3) is 0 Å². The van der Waals surface area contributed by atoms with Gasteiger partial charge in [0.1, 0.15) is 6.04 Å². The number of hydrogen-bond donors (Lipinski definition) is 1. The summed E-state index contributed by atoms with van der Waals surface area (Å²) in [5.41, 5.74) is 1.54. The highest BCUT2D eigenvalue weighted by molar-refractivity contribution is 7.88. The van der Waals surface area contributed by atoms with Crippen LogP contribution in [-0.4, -0.2) is 67.5 Å². The van der Waals surface area contributed by atoms with E-state index in [-0.39, 0.29) is 31.6 Å². The average molecular weight is 522 g/mol. The van der Waals surface area contributed by atoms with Crippen LogP contribution in [-0.2, 0) is 37.4 Å². The zero-order valence-corrected chi connectivity index (χ0v) is 21.6. The first-order chi connectivity index (χ1) is 16.6. The van der Waals surface area contributed by atoms with Crippen molar-refractivity contribution >= 4 is 33.4 Å². The molecular weight excluding hydrogens is 490 g/mol. The van der Waals surface area contributed by atoms with Crippen molar-refractivity contribution in [3.05, 3.63) is 70.7 Å². The molecule has 1 heterocycles. The van der Waals surface area contributed by atoms with Crippen molar-refractivity contribution in [1.82, 2.24) is 14.5 Å². The number of carbonyl (C=O) groups is 2. The third-order valence-electron chi connectivity index (χ3n) is 5.94. The Balaban J connectivity index is 1.77. The van der Waals surface area contributed by atoms with Gasteiger partial charge in [-0.1, -0.05) is 54.1 Å². The molecule has 0 aliphatic carbocycles. The van der Waals surface area contributed by atoms with Gasteiger partial charge in [0.15, 0.2) is 0 Å². The van der Waals surface area contributed by atoms with Gasteiger partial charge >= 0.3 is 0 Å². The van der Waals surface area contributed by atoms with Crippen molar-refractivity contribution in [1.29, 1.82) is 0 Å². The highest BCUT2D eigenvalue weighted by Crippen LogP contribution is 2.16. The van der Waals surface area contributed by atoms with E-state index in [4.69, 9.17) is 16.3 Å². The largest absolute Gasteiger partial charge is 0.376 e. The van der Waals surface area contributed by atoms with Crippen LogP contribution < -0.4 is 5.32 Å². The molecule has 2 aromatic rings. The number of carbonyl (C=O) groups excluding carboxylic acids is 2. The summed E-state index contributed by atoms with van der Waals surface area (Å²) < 4.78 is 31.7. The lowest BCUT2D eigenvalue weighted by molar-refractivity contribution is -0.141. The SMILES string of the molecule is C[C@@H](C(=O)NC[C@H]1CCCO1)N(Cc1ccc(Cl)cc1)C(=O)CN(Cc1ccccc1)S(C)(=O)=O. The van der Waals surface area contributed by atoms with E-state index in [2.05, 4.69) is 5.32 Å². The molecule has 1 saturated heterocycles. The minimum atomic E-state index is -3.69. The molecule has 1 aliphatic heterocycles. The molecule has 0 radical (unpaired) electrons. The third-order valence-corrected chi connectivity index (χ3v) is 7.39. The summed E-state index contributed by atoms with van der Waals surface area (Å²) in [4.78, 5) is 27.8. The van der Waals surface area contributed by atoms with Crippen LogP contribution >= 0.6 is 11.6 Å². The number of ether oxygens (including phenoxy) is 1. The topological polar surface area (TPSA) is 96.0 Å². The molecule has 0 saturated carbocycles. The van der Waals surface area contributed by atoms with E-state index >= 15 is 0 Å². The Morgan fingerprint density at radius 1 is 1.09 bits per heavy atom. The van der Waals surface area contributed by atoms with E-state index < -0.39 is 22.0 Å². The number of amides is 2. The zero-order valence-electron chi connectivity index (χ0n) is 20.0. The molecular formula is C25H32ClN3O5S. The lowest BCUT2D eigenvalue weighted by Gasteiger charge is -2.31. The first-order valence-corrected chi connectivity index (χ1v) is 13.8. The third kappa shape index (κ3) is 8.31. The quantitative estimate of drug-likeness (QED) is 0.490. The zero-order chi connectivity index (χ0) is 25.4. The molecule has 1 aliphatic rings. The molecule has 0 spiro atoms. The molecule has 0 unspecified atom stereocenters. The standard InChI is InChI=1S/C25H32ClN3O5S/c1-19(25(31)27-15-23-9-6-14-34-23)29(17-21-10-12-22(26)13-11-21)24(30)18-28(35(2,32)33)16-20-7-4-3-5-8-20/h3-5,7-8,10-13,19,23H,6,9,14-18H2,1-2H3,(H,27,31)/t19-,23+/m0/s1. The van der Waals surface area contributed by atoms with Crippen molar-refractivity contribution in [2.24, 2.45) is 0 Å². The predicted molar refractivity (Wildman–Crippen MR) is 135 cm³/mol. The fraction of sp³-hybridized carbons (Fsp3) is 0.440. The first-order valence-electron chi connectivity index (χ1n) is 11.6. The van der Waals surface area contributed by atoms with Gasteiger partial charge in [0.05, 0.1) is 18.9 Å². The predicted octanol–water partition coefficient (Wildman–Crippen LogP) is 2.81. The second kappa shape index (κ2) is 12.5. The van der Waals surface area contributed by atoms with Gasteiger partial charge in [-0.2, -0.15) is 4.31 Å². The number of benzene rings is 2. The maximum absolute atomic E-state index is 13.5. The van der Waals surface area contributed by atoms with Crippen LogP contribution in [0.1, 0.15) is 30.9 Å². The lowest BCUT2D eigenvalue weighted by Crippen LogP contribution is -2.51. The second-order valence-corrected chi connectivity index (χ2v) is 11.1. The van der Waals surface area contributed by atoms with Crippen molar-refractivity contribution in [3.8, 4) is 0 Å². The van der Waals surface area contributed by atoms with Gasteiger partial charge in [-0.05, 0) is 43.0 Å². The van der Waals surface area contributed by atoms with Crippen LogP contribution in [0.25, 0.3) is 0 Å². The molecule has 190 valence electrons. The van der Waals surface area contributed by atoms with E-state index in [0.29, 0.717) is 18.2 Å². The summed E-state index contributed by atoms with van der Waals surface area (Å²) in [6, 6.07) is 15.2. The van der Waals surface area contributed by atoms with Gasteiger partial charge in [-0.3, -0.25) is 9.59 Å². The molecule has 2 aromatic carbocycles. The minimum Gasteiger partial charge on any atom is -0.376 e. The van der Waals surface area contributed by atoms with E-state index in [9.17, 15) is 18.0 Å². The highest BCUT2D eigenvalue weighted by atomic mass is 35.5. The molecule has 0 aromatic heterocycles. The summed E-state index contributed by atoms with van der Waals surface area (Å²) in [6.07, 6.45) is 2.88. The number of nitrogens with zero attached hydrogens (tertiary/aromatic N) is 2. The van der Waals surface area contributed by atoms with Crippen molar-refractivity contribution in [2.75, 3.05) is 26.0 Å². The summed E-state index contributed by atoms with van der Waals surface area (Å²) >= 11 is 5.99. The Bertz CT molecular complexity index is 1090. The number of hydrogen-bond acceptors (Lipinski definition) is 5. The number of nitrogens with one attached hydrogen (secondary N) is 1. The van der Waals surface area contributed by atoms with E-state index in [1.165, 1.54) is 4.90 Å². The maximum Gasteiger partial charge on any atom is 0.242 e. The Kier molecular flexibility index (Phi) is 9.68. The molecule has 1 fully saturated rings. The van der Waals surface area contributed by atoms with Crippen LogP contribution in [0.5, 0.6) is 0 Å². The molecule has 2 amide bonds. The fourth-order valence-corrected chi connectivity index (χ4v) is 4.71. The van der Waals surface area contributed by atoms with Crippen molar-refractivity contribution < 1.29 is 22.7 Å². The Hall–Kier alpha value is -2.46. The molecule has 0 bridgehead atoms. The second-order valence-electron chi connectivity index (χ2n) is 8.72. The van der Waals surface area contributed by atoms with Gasteiger partial charge in [-0.15, -0.1) is 0 Å². The van der Waals surface area contributed by atoms with Gasteiger partial charge < -0.3 is 15.0 Å². The van der Waals surface area contributed by atoms with Crippen LogP contribution in [0.4, 0.5) is 0 Å². The average Bonchev–Trinajstić information content (AvgIpc) is 3.35. The van der Waals surface area contributed by atoms with Crippen molar-refractivity contribution in [2.45, 2.75) is 45.0 Å². The summed E-state index contributed by atoms with van der Waals surface area (Å²) in [6.45, 7) is 2.49. The van der Waals surface area contributed by atoms with Gasteiger partial charge in [0.2, 0.25) is 21.8 Å². The van der Waals surface area contributed by atoms with Crippen molar-refractivity contribution in [3.63, 3.8) is 0 Å². The molecule has 35 heavy (non-hydrogen) atoms. The smallest absolute Gasteiger partial charge is 0.242 e.